The van der Waals surface area contributed by atoms with Crippen LogP contribution in [0.3, 0.4) is 0 Å². The first-order valence-corrected chi connectivity index (χ1v) is 11.4. The Bertz CT molecular complexity index is 647. The van der Waals surface area contributed by atoms with Gasteiger partial charge in [0.15, 0.2) is 6.29 Å². The number of aliphatic hydroxyl groups excluding tert-OH is 1. The number of carbonyl (C=O) groups is 2. The van der Waals surface area contributed by atoms with Crippen molar-refractivity contribution < 1.29 is 33.6 Å². The van der Waals surface area contributed by atoms with Crippen molar-refractivity contribution in [3.8, 4) is 0 Å². The van der Waals surface area contributed by atoms with Gasteiger partial charge in [0.25, 0.3) is 0 Å². The summed E-state index contributed by atoms with van der Waals surface area (Å²) in [5.74, 6) is -0.492. The van der Waals surface area contributed by atoms with E-state index in [-0.39, 0.29) is 36.0 Å². The Morgan fingerprint density at radius 2 is 1.50 bits per heavy atom. The van der Waals surface area contributed by atoms with Crippen LogP contribution in [0, 0.1) is 5.92 Å². The van der Waals surface area contributed by atoms with E-state index in [0.717, 1.165) is 0 Å². The lowest BCUT2D eigenvalue weighted by Crippen LogP contribution is -2.70. The fraction of sp³-hybridized carbons (Fsp3) is 0.909. The molecule has 0 radical (unpaired) electrons. The Morgan fingerprint density at radius 1 is 0.938 bits per heavy atom. The Hall–Kier alpha value is -1.30. The number of nitrogens with one attached hydrogen (secondary N) is 2. The molecule has 32 heavy (non-hydrogen) atoms. The first-order chi connectivity index (χ1) is 14.8. The van der Waals surface area contributed by atoms with E-state index in [1.54, 1.807) is 6.92 Å². The van der Waals surface area contributed by atoms with Crippen LogP contribution in [0.1, 0.15) is 55.4 Å². The third kappa shape index (κ3) is 6.39. The summed E-state index contributed by atoms with van der Waals surface area (Å²) in [6, 6.07) is -1.98. The summed E-state index contributed by atoms with van der Waals surface area (Å²) in [5, 5.41) is 16.7. The van der Waals surface area contributed by atoms with Gasteiger partial charge in [-0.1, -0.05) is 13.8 Å². The van der Waals surface area contributed by atoms with Crippen molar-refractivity contribution in [3.63, 3.8) is 0 Å². The molecule has 10 heteroatoms. The summed E-state index contributed by atoms with van der Waals surface area (Å²) in [5.41, 5.74) is 6.45. The monoisotopic (exact) mass is 459 g/mol. The summed E-state index contributed by atoms with van der Waals surface area (Å²) in [6.45, 7) is 14.1. The fourth-order valence-corrected chi connectivity index (χ4v) is 4.44. The minimum absolute atomic E-state index is 0.0830. The Morgan fingerprint density at radius 3 is 2.00 bits per heavy atom. The molecule has 2 heterocycles. The van der Waals surface area contributed by atoms with Crippen LogP contribution in [0.4, 0.5) is 0 Å². The van der Waals surface area contributed by atoms with Crippen molar-refractivity contribution in [2.24, 2.45) is 11.7 Å². The van der Waals surface area contributed by atoms with E-state index >= 15 is 0 Å². The van der Waals surface area contributed by atoms with E-state index in [1.165, 1.54) is 13.8 Å². The van der Waals surface area contributed by atoms with Gasteiger partial charge in [0.2, 0.25) is 11.8 Å². The van der Waals surface area contributed by atoms with Gasteiger partial charge in [-0.3, -0.25) is 9.59 Å². The first-order valence-electron chi connectivity index (χ1n) is 11.4. The third-order valence-corrected chi connectivity index (χ3v) is 5.93. The van der Waals surface area contributed by atoms with E-state index in [9.17, 15) is 14.7 Å². The van der Waals surface area contributed by atoms with Crippen molar-refractivity contribution >= 4 is 11.8 Å². The van der Waals surface area contributed by atoms with E-state index in [4.69, 9.17) is 24.7 Å². The fourth-order valence-electron chi connectivity index (χ4n) is 4.44. The molecule has 2 aliphatic rings. The van der Waals surface area contributed by atoms with Crippen molar-refractivity contribution in [1.29, 1.82) is 0 Å². The molecule has 0 aromatic carbocycles. The van der Waals surface area contributed by atoms with Crippen LogP contribution in [0.2, 0.25) is 0 Å². The highest BCUT2D eigenvalue weighted by Gasteiger charge is 2.51. The largest absolute Gasteiger partial charge is 0.388 e. The van der Waals surface area contributed by atoms with Crippen molar-refractivity contribution in [3.05, 3.63) is 0 Å². The maximum absolute atomic E-state index is 12.0. The second kappa shape index (κ2) is 11.2. The molecule has 2 fully saturated rings. The van der Waals surface area contributed by atoms with Gasteiger partial charge in [-0.15, -0.1) is 0 Å². The highest BCUT2D eigenvalue weighted by Crippen LogP contribution is 2.31. The number of rotatable bonds is 7. The minimum atomic E-state index is -1.07. The second-order valence-electron chi connectivity index (χ2n) is 9.53. The lowest BCUT2D eigenvalue weighted by molar-refractivity contribution is -0.298. The van der Waals surface area contributed by atoms with Crippen LogP contribution in [0.25, 0.3) is 0 Å². The van der Waals surface area contributed by atoms with Crippen molar-refractivity contribution in [2.45, 2.75) is 123 Å². The van der Waals surface area contributed by atoms with Crippen molar-refractivity contribution in [1.82, 2.24) is 10.6 Å². The molecule has 10 nitrogen and oxygen atoms in total. The lowest BCUT2D eigenvalue weighted by Gasteiger charge is -2.50. The van der Waals surface area contributed by atoms with Crippen LogP contribution < -0.4 is 16.4 Å². The van der Waals surface area contributed by atoms with Crippen LogP contribution >= 0.6 is 0 Å². The highest BCUT2D eigenvalue weighted by molar-refractivity contribution is 5.73. The molecule has 0 saturated carbocycles. The lowest BCUT2D eigenvalue weighted by atomic mass is 9.86. The predicted octanol–water partition coefficient (Wildman–Crippen LogP) is 0.0509. The zero-order chi connectivity index (χ0) is 24.3. The van der Waals surface area contributed by atoms with E-state index in [2.05, 4.69) is 10.6 Å². The summed E-state index contributed by atoms with van der Waals surface area (Å²) >= 11 is 0. The number of nitrogens with two attached hydrogens (primary N) is 1. The summed E-state index contributed by atoms with van der Waals surface area (Å²) < 4.78 is 24.4. The Labute approximate surface area is 190 Å². The van der Waals surface area contributed by atoms with Gasteiger partial charge < -0.3 is 40.4 Å². The third-order valence-electron chi connectivity index (χ3n) is 5.93. The molecule has 2 amide bonds. The first kappa shape index (κ1) is 26.9. The number of aliphatic hydroxyl groups is 1. The number of carbonyl (C=O) groups excluding carboxylic acids is 2. The average Bonchev–Trinajstić information content (AvgIpc) is 2.66. The predicted molar refractivity (Wildman–Crippen MR) is 118 cm³/mol. The summed E-state index contributed by atoms with van der Waals surface area (Å²) in [7, 11) is 0. The van der Waals surface area contributed by atoms with Crippen LogP contribution in [0.5, 0.6) is 0 Å². The quantitative estimate of drug-likeness (QED) is 0.419. The van der Waals surface area contributed by atoms with Crippen LogP contribution in [0.15, 0.2) is 0 Å². The molecular formula is C22H41N3O7. The number of hydrogen-bond acceptors (Lipinski definition) is 8. The molecule has 0 aromatic heterocycles. The van der Waals surface area contributed by atoms with Crippen molar-refractivity contribution in [2.75, 3.05) is 0 Å². The number of hydrogen-bond donors (Lipinski definition) is 4. The molecule has 5 N–H and O–H groups in total. The summed E-state index contributed by atoms with van der Waals surface area (Å²) in [6.07, 6.45) is -4.69. The van der Waals surface area contributed by atoms with Crippen LogP contribution in [-0.2, 0) is 28.5 Å². The molecule has 2 aliphatic heterocycles. The zero-order valence-electron chi connectivity index (χ0n) is 20.4. The molecule has 0 aliphatic carbocycles. The minimum Gasteiger partial charge on any atom is -0.388 e. The smallest absolute Gasteiger partial charge is 0.217 e. The topological polar surface area (TPSA) is 141 Å². The molecule has 0 aromatic rings. The van der Waals surface area contributed by atoms with E-state index in [1.807, 2.05) is 34.6 Å². The van der Waals surface area contributed by atoms with Gasteiger partial charge in [0.1, 0.15) is 24.4 Å². The van der Waals surface area contributed by atoms with Gasteiger partial charge in [-0.05, 0) is 33.6 Å². The Kier molecular flexibility index (Phi) is 9.45. The van der Waals surface area contributed by atoms with Gasteiger partial charge in [0, 0.05) is 13.8 Å². The molecule has 0 spiro atoms. The molecule has 4 unspecified atom stereocenters. The average molecular weight is 460 g/mol. The molecule has 10 atom stereocenters. The normalized spacial score (nSPS) is 40.4. The standard InChI is InChI=1S/C22H41N3O7/c1-9(2)19-17(25-14(8)27)21(15(23)11(5)30-19)32-22-16(24-13(7)26)18(28)20(12(6)31-22)29-10(3)4/h9-12,15-22,28H,23H2,1-8H3,(H,24,26)(H,25,27)/t11?,12?,15-,16?,17?,18+,19-,20-,21-,22-/m0/s1. The van der Waals surface area contributed by atoms with E-state index in [0.29, 0.717) is 0 Å². The van der Waals surface area contributed by atoms with Gasteiger partial charge in [-0.2, -0.15) is 0 Å². The SMILES string of the molecule is CC(=O)NC1[C@H](O[C@@H]2C(NC(C)=O)[C@H](C(C)C)OC(C)[C@@H]2N)OC(C)[C@H](OC(C)C)[C@@H]1O. The van der Waals surface area contributed by atoms with Crippen LogP contribution in [-0.4, -0.2) is 84.1 Å². The van der Waals surface area contributed by atoms with Gasteiger partial charge in [0.05, 0.1) is 36.5 Å². The zero-order valence-corrected chi connectivity index (χ0v) is 20.4. The molecule has 2 saturated heterocycles. The molecule has 186 valence electrons. The molecule has 0 bridgehead atoms. The Balaban J connectivity index is 2.34. The maximum atomic E-state index is 12.0. The van der Waals surface area contributed by atoms with Gasteiger partial charge >= 0.3 is 0 Å². The van der Waals surface area contributed by atoms with Gasteiger partial charge in [-0.25, -0.2) is 0 Å². The maximum Gasteiger partial charge on any atom is 0.217 e. The summed E-state index contributed by atoms with van der Waals surface area (Å²) in [4.78, 5) is 23.9. The number of ether oxygens (including phenoxy) is 4. The molecule has 2 rings (SSSR count). The van der Waals surface area contributed by atoms with E-state index < -0.39 is 48.8 Å². The second-order valence-corrected chi connectivity index (χ2v) is 9.53. The molecular weight excluding hydrogens is 418 g/mol. The highest BCUT2D eigenvalue weighted by atomic mass is 16.7. The number of amides is 2.